The van der Waals surface area contributed by atoms with Gasteiger partial charge in [0.2, 0.25) is 0 Å². The number of fused-ring (bicyclic) bond motifs is 1. The standard InChI is InChI=1S/C44H64N2O7/c1-4-6-7-16-37(48)27-23-35-22-21-34-13-9-8-12-33(34)14-10-18-42(44(3,53)30-32-19-25-38(49)26-20-32)46-41(40(35)29-39(50)31-47)17-11-15-36(45-5-2)24-28-43(51)52/h8-9,12-13,19-20,23,25-27,36-37,39,41-42,45-50,53H,4-7,11,15-18,21-22,24,28-31H2,1-3H3,(H,51,52)/t36-,37+,39+,41+,42-,44+/m1/s1. The number of nitrogens with one attached hydrogen (secondary N) is 2. The number of carboxylic acid groups (broad SMARTS) is 1. The monoisotopic (exact) mass is 732 g/mol. The largest absolute Gasteiger partial charge is 0.508 e. The number of allylic oxidation sites excluding steroid dienone is 2. The molecule has 0 radical (unpaired) electrons. The van der Waals surface area contributed by atoms with Gasteiger partial charge in [0.15, 0.2) is 0 Å². The number of benzene rings is 2. The van der Waals surface area contributed by atoms with E-state index in [1.165, 1.54) is 0 Å². The van der Waals surface area contributed by atoms with Gasteiger partial charge in [-0.1, -0.05) is 93.9 Å². The van der Waals surface area contributed by atoms with Crippen molar-refractivity contribution in [2.75, 3.05) is 13.2 Å². The minimum Gasteiger partial charge on any atom is -0.508 e. The summed E-state index contributed by atoms with van der Waals surface area (Å²) < 4.78 is 0. The molecule has 292 valence electrons. The molecule has 1 aliphatic rings. The van der Waals surface area contributed by atoms with Crippen LogP contribution in [0.5, 0.6) is 5.75 Å². The van der Waals surface area contributed by atoms with E-state index >= 15 is 0 Å². The summed E-state index contributed by atoms with van der Waals surface area (Å²) >= 11 is 0. The highest BCUT2D eigenvalue weighted by Gasteiger charge is 2.35. The molecule has 9 heteroatoms. The first kappa shape index (κ1) is 43.9. The molecule has 3 rings (SSSR count). The van der Waals surface area contributed by atoms with Crippen LogP contribution in [0.4, 0.5) is 0 Å². The second kappa shape index (κ2) is 23.3. The minimum atomic E-state index is -1.28. The second-order valence-electron chi connectivity index (χ2n) is 14.8. The van der Waals surface area contributed by atoms with Crippen molar-refractivity contribution in [3.63, 3.8) is 0 Å². The van der Waals surface area contributed by atoms with Gasteiger partial charge < -0.3 is 41.3 Å². The van der Waals surface area contributed by atoms with Crippen LogP contribution in [0.2, 0.25) is 0 Å². The maximum atomic E-state index is 12.2. The van der Waals surface area contributed by atoms with Crippen molar-refractivity contribution in [3.05, 3.63) is 88.5 Å². The smallest absolute Gasteiger partial charge is 0.303 e. The Balaban J connectivity index is 2.16. The van der Waals surface area contributed by atoms with E-state index in [9.17, 15) is 35.4 Å². The predicted octanol–water partition coefficient (Wildman–Crippen LogP) is 5.95. The van der Waals surface area contributed by atoms with Crippen LogP contribution < -0.4 is 10.6 Å². The molecule has 6 atom stereocenters. The van der Waals surface area contributed by atoms with Gasteiger partial charge in [0.1, 0.15) is 5.75 Å². The quantitative estimate of drug-likeness (QED) is 0.0573. The first-order chi connectivity index (χ1) is 25.4. The Kier molecular flexibility index (Phi) is 19.3. The fourth-order valence-corrected chi connectivity index (χ4v) is 7.18. The van der Waals surface area contributed by atoms with E-state index in [0.717, 1.165) is 66.5 Å². The topological polar surface area (TPSA) is 163 Å². The lowest BCUT2D eigenvalue weighted by Gasteiger charge is -2.38. The fourth-order valence-electron chi connectivity index (χ4n) is 7.18. The highest BCUT2D eigenvalue weighted by Crippen LogP contribution is 2.30. The number of unbranched alkanes of at least 4 members (excludes halogenated alkanes) is 2. The zero-order chi connectivity index (χ0) is 38.6. The number of hydrogen-bond acceptors (Lipinski definition) is 8. The first-order valence-electron chi connectivity index (χ1n) is 19.6. The van der Waals surface area contributed by atoms with Gasteiger partial charge in [-0.05, 0) is 98.9 Å². The van der Waals surface area contributed by atoms with Crippen LogP contribution in [0.1, 0.15) is 115 Å². The number of carboxylic acids is 1. The van der Waals surface area contributed by atoms with E-state index in [2.05, 4.69) is 35.5 Å². The number of aliphatic carboxylic acids is 1. The van der Waals surface area contributed by atoms with Crippen LogP contribution in [-0.2, 0) is 17.6 Å². The van der Waals surface area contributed by atoms with Crippen LogP contribution in [0.25, 0.3) is 0 Å². The Morgan fingerprint density at radius 2 is 1.79 bits per heavy atom. The van der Waals surface area contributed by atoms with Crippen LogP contribution in [0.15, 0.2) is 71.8 Å². The van der Waals surface area contributed by atoms with Gasteiger partial charge >= 0.3 is 5.97 Å². The van der Waals surface area contributed by atoms with Crippen molar-refractivity contribution in [2.24, 2.45) is 0 Å². The van der Waals surface area contributed by atoms with Crippen LogP contribution in [0.3, 0.4) is 0 Å². The molecular weight excluding hydrogens is 668 g/mol. The zero-order valence-electron chi connectivity index (χ0n) is 32.1. The summed E-state index contributed by atoms with van der Waals surface area (Å²) in [5.74, 6) is 6.06. The number of carbonyl (C=O) groups is 1. The molecular formula is C44H64N2O7. The number of aromatic hydroxyl groups is 1. The van der Waals surface area contributed by atoms with Gasteiger partial charge in [-0.3, -0.25) is 4.79 Å². The molecule has 1 aliphatic heterocycles. The summed E-state index contributed by atoms with van der Waals surface area (Å²) in [6.07, 6.45) is 10.6. The summed E-state index contributed by atoms with van der Waals surface area (Å²) in [5, 5.41) is 70.8. The Morgan fingerprint density at radius 1 is 1.04 bits per heavy atom. The van der Waals surface area contributed by atoms with Gasteiger partial charge in [0, 0.05) is 43.0 Å². The molecule has 0 aliphatic carbocycles. The van der Waals surface area contributed by atoms with Gasteiger partial charge in [-0.25, -0.2) is 0 Å². The predicted molar refractivity (Wildman–Crippen MR) is 212 cm³/mol. The third-order valence-corrected chi connectivity index (χ3v) is 10.2. The molecule has 9 nitrogen and oxygen atoms in total. The molecule has 2 aromatic rings. The molecule has 1 heterocycles. The first-order valence-corrected chi connectivity index (χ1v) is 19.6. The van der Waals surface area contributed by atoms with Crippen molar-refractivity contribution in [3.8, 4) is 17.6 Å². The average molecular weight is 733 g/mol. The molecule has 0 unspecified atom stereocenters. The van der Waals surface area contributed by atoms with E-state index < -0.39 is 36.4 Å². The van der Waals surface area contributed by atoms with Gasteiger partial charge in [0.25, 0.3) is 0 Å². The van der Waals surface area contributed by atoms with Gasteiger partial charge in [-0.2, -0.15) is 0 Å². The van der Waals surface area contributed by atoms with Crippen LogP contribution in [0, 0.1) is 11.8 Å². The van der Waals surface area contributed by atoms with Crippen molar-refractivity contribution in [1.29, 1.82) is 0 Å². The molecule has 8 N–H and O–H groups in total. The van der Waals surface area contributed by atoms with E-state index in [-0.39, 0.29) is 30.7 Å². The Hall–Kier alpha value is -3.49. The van der Waals surface area contributed by atoms with E-state index in [1.807, 2.05) is 37.3 Å². The van der Waals surface area contributed by atoms with E-state index in [4.69, 9.17) is 0 Å². The molecule has 2 aromatic carbocycles. The Labute approximate surface area is 317 Å². The minimum absolute atomic E-state index is 0.0196. The molecule has 0 aromatic heterocycles. The Morgan fingerprint density at radius 3 is 2.49 bits per heavy atom. The molecule has 0 spiro atoms. The third kappa shape index (κ3) is 15.8. The molecule has 0 fully saturated rings. The Bertz CT molecular complexity index is 1510. The summed E-state index contributed by atoms with van der Waals surface area (Å²) in [7, 11) is 0. The lowest BCUT2D eigenvalue weighted by atomic mass is 9.83. The number of hydrogen-bond donors (Lipinski definition) is 8. The summed E-state index contributed by atoms with van der Waals surface area (Å²) in [6, 6.07) is 14.0. The number of phenolic OH excluding ortho intramolecular Hbond substituents is 1. The maximum absolute atomic E-state index is 12.2. The summed E-state index contributed by atoms with van der Waals surface area (Å²) in [5.41, 5.74) is 3.44. The fraction of sp³-hybridized carbons (Fsp3) is 0.568. The zero-order valence-corrected chi connectivity index (χ0v) is 32.1. The number of phenols is 1. The normalized spacial score (nSPS) is 19.6. The average Bonchev–Trinajstić information content (AvgIpc) is 3.12. The molecule has 53 heavy (non-hydrogen) atoms. The van der Waals surface area contributed by atoms with Crippen molar-refractivity contribution in [2.45, 2.75) is 147 Å². The highest BCUT2D eigenvalue weighted by atomic mass is 16.4. The second-order valence-corrected chi connectivity index (χ2v) is 14.8. The number of aryl methyl sites for hydroxylation is 1. The number of rotatable bonds is 21. The van der Waals surface area contributed by atoms with Gasteiger partial charge in [-0.15, -0.1) is 0 Å². The van der Waals surface area contributed by atoms with Crippen LogP contribution in [-0.4, -0.2) is 85.7 Å². The molecule has 0 bridgehead atoms. The summed E-state index contributed by atoms with van der Waals surface area (Å²) in [6.45, 7) is 6.24. The summed E-state index contributed by atoms with van der Waals surface area (Å²) in [4.78, 5) is 11.4. The number of aliphatic hydroxyl groups is 4. The van der Waals surface area contributed by atoms with Crippen molar-refractivity contribution >= 4 is 5.97 Å². The third-order valence-electron chi connectivity index (χ3n) is 10.2. The molecule has 0 saturated carbocycles. The van der Waals surface area contributed by atoms with E-state index in [1.54, 1.807) is 31.2 Å². The number of aliphatic hydroxyl groups excluding tert-OH is 3. The highest BCUT2D eigenvalue weighted by molar-refractivity contribution is 5.66. The lowest BCUT2D eigenvalue weighted by Crippen LogP contribution is -2.54. The molecule has 0 amide bonds. The SMILES string of the molecule is CCCCC[C@H](O)C=CC1=C(C[C@H](O)CO)[C@H](CCC[C@H](CCC(=O)O)NCC)N[C@@H]([C@@](C)(O)Cc2ccc(O)cc2)CC#Cc2ccccc2CC1. The van der Waals surface area contributed by atoms with E-state index in [0.29, 0.717) is 44.9 Å². The van der Waals surface area contributed by atoms with Gasteiger partial charge in [0.05, 0.1) is 24.4 Å². The lowest BCUT2D eigenvalue weighted by molar-refractivity contribution is -0.137. The maximum Gasteiger partial charge on any atom is 0.303 e. The molecule has 0 saturated heterocycles. The van der Waals surface area contributed by atoms with Crippen molar-refractivity contribution in [1.82, 2.24) is 10.6 Å². The van der Waals surface area contributed by atoms with Crippen LogP contribution >= 0.6 is 0 Å². The van der Waals surface area contributed by atoms with Crippen molar-refractivity contribution < 1.29 is 35.4 Å².